The first kappa shape index (κ1) is 18.9. The number of benzene rings is 1. The van der Waals surface area contributed by atoms with Crippen molar-refractivity contribution in [3.63, 3.8) is 0 Å². The molecule has 6 nitrogen and oxygen atoms in total. The van der Waals surface area contributed by atoms with E-state index in [2.05, 4.69) is 25.9 Å². The van der Waals surface area contributed by atoms with Crippen LogP contribution < -0.4 is 16.0 Å². The lowest BCUT2D eigenvalue weighted by Gasteiger charge is -2.22. The molecule has 1 aromatic heterocycles. The number of nitrogens with zero attached hydrogens (tertiary/aromatic N) is 1. The van der Waals surface area contributed by atoms with Crippen LogP contribution in [0.5, 0.6) is 0 Å². The molecule has 142 valence electrons. The quantitative estimate of drug-likeness (QED) is 0.493. The highest BCUT2D eigenvalue weighted by Crippen LogP contribution is 2.17. The third-order valence-electron chi connectivity index (χ3n) is 5.10. The molecule has 1 aliphatic rings. The number of fused-ring (bicyclic) bond motifs is 1. The van der Waals surface area contributed by atoms with Crippen LogP contribution in [0.3, 0.4) is 0 Å². The minimum Gasteiger partial charge on any atom is -0.352 e. The normalized spacial score (nSPS) is 15.4. The largest absolute Gasteiger partial charge is 0.352 e. The van der Waals surface area contributed by atoms with Gasteiger partial charge in [-0.25, -0.2) is 4.98 Å². The first-order chi connectivity index (χ1) is 12.8. The molecule has 1 aromatic carbocycles. The van der Waals surface area contributed by atoms with Gasteiger partial charge in [-0.05, 0) is 44.4 Å². The third kappa shape index (κ3) is 5.54. The number of imidazole rings is 1. The molecule has 0 radical (unpaired) electrons. The lowest BCUT2D eigenvalue weighted by molar-refractivity contribution is 0.0954. The smallest absolute Gasteiger partial charge is 0.253 e. The van der Waals surface area contributed by atoms with Crippen molar-refractivity contribution in [3.8, 4) is 0 Å². The molecular formula is C20H31N5O. The summed E-state index contributed by atoms with van der Waals surface area (Å²) in [4.78, 5) is 19.6. The summed E-state index contributed by atoms with van der Waals surface area (Å²) in [6.07, 6.45) is 10.5. The van der Waals surface area contributed by atoms with Crippen LogP contribution in [0, 0.1) is 0 Å². The summed E-state index contributed by atoms with van der Waals surface area (Å²) in [5.74, 6) is -0.0488. The molecule has 2 aromatic rings. The maximum atomic E-state index is 12.3. The Balaban J connectivity index is 1.22. The van der Waals surface area contributed by atoms with Crippen molar-refractivity contribution in [2.45, 2.75) is 51.0 Å². The van der Waals surface area contributed by atoms with Crippen LogP contribution in [-0.4, -0.2) is 48.1 Å². The van der Waals surface area contributed by atoms with Crippen molar-refractivity contribution >= 4 is 16.9 Å². The van der Waals surface area contributed by atoms with Gasteiger partial charge in [-0.15, -0.1) is 0 Å². The highest BCUT2D eigenvalue weighted by Gasteiger charge is 2.12. The Labute approximate surface area is 155 Å². The van der Waals surface area contributed by atoms with Gasteiger partial charge in [-0.3, -0.25) is 4.79 Å². The summed E-state index contributed by atoms with van der Waals surface area (Å²) < 4.78 is 0. The van der Waals surface area contributed by atoms with E-state index >= 15 is 0 Å². The molecule has 0 atom stereocenters. The summed E-state index contributed by atoms with van der Waals surface area (Å²) in [7, 11) is 0. The number of hydrogen-bond acceptors (Lipinski definition) is 4. The highest BCUT2D eigenvalue weighted by atomic mass is 16.1. The van der Waals surface area contributed by atoms with E-state index in [4.69, 9.17) is 0 Å². The Morgan fingerprint density at radius 1 is 1.08 bits per heavy atom. The summed E-state index contributed by atoms with van der Waals surface area (Å²) in [5.41, 5.74) is 2.26. The van der Waals surface area contributed by atoms with Gasteiger partial charge in [0.1, 0.15) is 5.52 Å². The molecule has 26 heavy (non-hydrogen) atoms. The number of hydrogen-bond donors (Lipinski definition) is 4. The molecule has 4 N–H and O–H groups in total. The van der Waals surface area contributed by atoms with Crippen molar-refractivity contribution in [1.29, 1.82) is 0 Å². The summed E-state index contributed by atoms with van der Waals surface area (Å²) >= 11 is 0. The van der Waals surface area contributed by atoms with Crippen LogP contribution in [0.15, 0.2) is 24.5 Å². The number of amides is 1. The molecule has 0 saturated heterocycles. The molecule has 1 aliphatic carbocycles. The average molecular weight is 358 g/mol. The topological polar surface area (TPSA) is 81.8 Å². The van der Waals surface area contributed by atoms with Crippen molar-refractivity contribution in [2.75, 3.05) is 26.2 Å². The van der Waals surface area contributed by atoms with E-state index in [0.29, 0.717) is 12.1 Å². The van der Waals surface area contributed by atoms with Gasteiger partial charge < -0.3 is 20.9 Å². The first-order valence-corrected chi connectivity index (χ1v) is 9.99. The zero-order chi connectivity index (χ0) is 18.0. The lowest BCUT2D eigenvalue weighted by atomic mass is 9.95. The molecule has 0 spiro atoms. The van der Waals surface area contributed by atoms with Gasteiger partial charge in [-0.2, -0.15) is 0 Å². The van der Waals surface area contributed by atoms with Crippen LogP contribution in [0.25, 0.3) is 11.0 Å². The number of rotatable bonds is 10. The zero-order valence-electron chi connectivity index (χ0n) is 15.5. The van der Waals surface area contributed by atoms with Crippen molar-refractivity contribution in [2.24, 2.45) is 0 Å². The van der Waals surface area contributed by atoms with E-state index in [1.807, 2.05) is 18.2 Å². The van der Waals surface area contributed by atoms with E-state index < -0.39 is 0 Å². The number of carbonyl (C=O) groups is 1. The highest BCUT2D eigenvalue weighted by molar-refractivity contribution is 6.04. The Bertz CT molecular complexity index is 678. The number of para-hydroxylation sites is 1. The molecule has 1 heterocycles. The van der Waals surface area contributed by atoms with E-state index in [0.717, 1.165) is 49.6 Å². The molecule has 1 fully saturated rings. The number of aromatic nitrogens is 2. The number of aromatic amines is 1. The third-order valence-corrected chi connectivity index (χ3v) is 5.10. The van der Waals surface area contributed by atoms with Crippen molar-refractivity contribution in [3.05, 3.63) is 30.1 Å². The van der Waals surface area contributed by atoms with E-state index in [9.17, 15) is 4.79 Å². The molecule has 6 heteroatoms. The van der Waals surface area contributed by atoms with Gasteiger partial charge >= 0.3 is 0 Å². The molecule has 1 amide bonds. The van der Waals surface area contributed by atoms with Crippen molar-refractivity contribution < 1.29 is 4.79 Å². The second kappa shape index (κ2) is 10.3. The maximum Gasteiger partial charge on any atom is 0.253 e. The second-order valence-corrected chi connectivity index (χ2v) is 7.11. The van der Waals surface area contributed by atoms with Crippen LogP contribution in [0.4, 0.5) is 0 Å². The number of carbonyl (C=O) groups excluding carboxylic acids is 1. The molecular weight excluding hydrogens is 326 g/mol. The average Bonchev–Trinajstić information content (AvgIpc) is 3.16. The van der Waals surface area contributed by atoms with Crippen LogP contribution >= 0.6 is 0 Å². The van der Waals surface area contributed by atoms with Crippen molar-refractivity contribution in [1.82, 2.24) is 25.9 Å². The second-order valence-electron chi connectivity index (χ2n) is 7.11. The molecule has 0 aliphatic heterocycles. The minimum absolute atomic E-state index is 0.0488. The number of H-pyrrole nitrogens is 1. The fraction of sp³-hybridized carbons (Fsp3) is 0.600. The van der Waals surface area contributed by atoms with Gasteiger partial charge in [-0.1, -0.05) is 25.3 Å². The first-order valence-electron chi connectivity index (χ1n) is 9.99. The van der Waals surface area contributed by atoms with Gasteiger partial charge in [0, 0.05) is 25.7 Å². The van der Waals surface area contributed by atoms with Gasteiger partial charge in [0.2, 0.25) is 0 Å². The summed E-state index contributed by atoms with van der Waals surface area (Å²) in [6.45, 7) is 3.76. The van der Waals surface area contributed by atoms with E-state index in [1.54, 1.807) is 6.33 Å². The zero-order valence-corrected chi connectivity index (χ0v) is 15.5. The van der Waals surface area contributed by atoms with E-state index in [1.165, 1.54) is 32.1 Å². The summed E-state index contributed by atoms with van der Waals surface area (Å²) in [6, 6.07) is 6.35. The Morgan fingerprint density at radius 2 is 1.92 bits per heavy atom. The monoisotopic (exact) mass is 357 g/mol. The fourth-order valence-electron chi connectivity index (χ4n) is 3.62. The molecule has 0 unspecified atom stereocenters. The molecule has 3 rings (SSSR count). The van der Waals surface area contributed by atoms with Crippen LogP contribution in [-0.2, 0) is 0 Å². The SMILES string of the molecule is O=C(NCCCCNCCNC1CCCCC1)c1cccc2[nH]cnc12. The van der Waals surface area contributed by atoms with Crippen LogP contribution in [0.1, 0.15) is 55.3 Å². The fourth-order valence-corrected chi connectivity index (χ4v) is 3.62. The standard InChI is InChI=1S/C20H31N5O/c26-20(17-9-6-10-18-19(17)25-15-24-18)23-12-5-4-11-21-13-14-22-16-7-2-1-3-8-16/h6,9-10,15-16,21-22H,1-5,7-8,11-14H2,(H,23,26)(H,24,25). The lowest BCUT2D eigenvalue weighted by Crippen LogP contribution is -2.36. The Kier molecular flexibility index (Phi) is 7.46. The van der Waals surface area contributed by atoms with Gasteiger partial charge in [0.25, 0.3) is 5.91 Å². The van der Waals surface area contributed by atoms with Gasteiger partial charge in [0.05, 0.1) is 17.4 Å². The Hall–Kier alpha value is -1.92. The minimum atomic E-state index is -0.0488. The molecule has 0 bridgehead atoms. The number of unbranched alkanes of at least 4 members (excludes halogenated alkanes) is 1. The Morgan fingerprint density at radius 3 is 2.81 bits per heavy atom. The predicted molar refractivity (Wildman–Crippen MR) is 105 cm³/mol. The maximum absolute atomic E-state index is 12.3. The van der Waals surface area contributed by atoms with Crippen LogP contribution in [0.2, 0.25) is 0 Å². The molecule has 1 saturated carbocycles. The summed E-state index contributed by atoms with van der Waals surface area (Å²) in [5, 5.41) is 10.1. The van der Waals surface area contributed by atoms with Gasteiger partial charge in [0.15, 0.2) is 0 Å². The number of nitrogens with one attached hydrogen (secondary N) is 4. The van der Waals surface area contributed by atoms with E-state index in [-0.39, 0.29) is 5.91 Å². The predicted octanol–water partition coefficient (Wildman–Crippen LogP) is 2.58.